The van der Waals surface area contributed by atoms with Gasteiger partial charge in [0.2, 0.25) is 0 Å². The van der Waals surface area contributed by atoms with Gasteiger partial charge in [-0.3, -0.25) is 0 Å². The van der Waals surface area contributed by atoms with Gasteiger partial charge in [-0.25, -0.2) is 4.79 Å². The van der Waals surface area contributed by atoms with Gasteiger partial charge in [0.15, 0.2) is 0 Å². The predicted molar refractivity (Wildman–Crippen MR) is 51.9 cm³/mol. The van der Waals surface area contributed by atoms with Crippen LogP contribution in [0.3, 0.4) is 0 Å². The Balaban J connectivity index is 4.43. The second-order valence-electron chi connectivity index (χ2n) is 3.45. The Morgan fingerprint density at radius 1 is 1.31 bits per heavy atom. The number of hydrogen-bond donors (Lipinski definition) is 1. The summed E-state index contributed by atoms with van der Waals surface area (Å²) in [5, 5.41) is 8.51. The highest BCUT2D eigenvalue weighted by Gasteiger charge is 2.33. The van der Waals surface area contributed by atoms with Gasteiger partial charge in [0, 0.05) is 5.41 Å². The summed E-state index contributed by atoms with van der Waals surface area (Å²) in [4.78, 5) is 10.4. The van der Waals surface area contributed by atoms with Crippen molar-refractivity contribution in [1.29, 1.82) is 0 Å². The molecule has 3 nitrogen and oxygen atoms in total. The van der Waals surface area contributed by atoms with Gasteiger partial charge in [0.25, 0.3) is 0 Å². The minimum Gasteiger partial charge on any atom is -0.450 e. The summed E-state index contributed by atoms with van der Waals surface area (Å²) in [5.74, 6) is 0. The molecule has 13 heavy (non-hydrogen) atoms. The van der Waals surface area contributed by atoms with Gasteiger partial charge in [-0.15, -0.1) is 0 Å². The molecule has 0 saturated heterocycles. The molecule has 0 bridgehead atoms. The zero-order chi connectivity index (χ0) is 10.5. The third-order valence-electron chi connectivity index (χ3n) is 3.25. The highest BCUT2D eigenvalue weighted by atomic mass is 16.7. The maximum Gasteiger partial charge on any atom is 0.506 e. The number of hydrogen-bond acceptors (Lipinski definition) is 2. The molecule has 0 fully saturated rings. The van der Waals surface area contributed by atoms with Crippen LogP contribution in [0.25, 0.3) is 0 Å². The topological polar surface area (TPSA) is 46.5 Å². The third kappa shape index (κ3) is 2.90. The molecule has 0 aromatic carbocycles. The van der Waals surface area contributed by atoms with Crippen LogP contribution in [0.2, 0.25) is 0 Å². The fraction of sp³-hybridized carbons (Fsp3) is 0.900. The molecular weight excluding hydrogens is 168 g/mol. The van der Waals surface area contributed by atoms with E-state index in [4.69, 9.17) is 9.84 Å². The zero-order valence-corrected chi connectivity index (χ0v) is 8.96. The zero-order valence-electron chi connectivity index (χ0n) is 8.96. The Kier molecular flexibility index (Phi) is 4.81. The summed E-state index contributed by atoms with van der Waals surface area (Å²) in [6, 6.07) is 0. The molecule has 1 unspecified atom stereocenters. The van der Waals surface area contributed by atoms with E-state index in [1.54, 1.807) is 0 Å². The first kappa shape index (κ1) is 12.3. The van der Waals surface area contributed by atoms with Crippen molar-refractivity contribution in [3.63, 3.8) is 0 Å². The number of carboxylic acid groups (broad SMARTS) is 1. The lowest BCUT2D eigenvalue weighted by Gasteiger charge is -2.35. The van der Waals surface area contributed by atoms with Crippen LogP contribution in [0.5, 0.6) is 0 Å². The van der Waals surface area contributed by atoms with Gasteiger partial charge in [-0.2, -0.15) is 0 Å². The number of carbonyl (C=O) groups is 1. The van der Waals surface area contributed by atoms with Crippen molar-refractivity contribution in [2.45, 2.75) is 53.1 Å². The van der Waals surface area contributed by atoms with E-state index in [2.05, 4.69) is 20.8 Å². The molecule has 1 atom stereocenters. The lowest BCUT2D eigenvalue weighted by Crippen LogP contribution is -2.34. The molecule has 0 radical (unpaired) electrons. The van der Waals surface area contributed by atoms with E-state index in [9.17, 15) is 4.79 Å². The average molecular weight is 188 g/mol. The molecule has 0 aromatic rings. The SMILES string of the molecule is CCC(CC)(CC)C(C)OC(=O)O. The van der Waals surface area contributed by atoms with Gasteiger partial charge in [0.1, 0.15) is 6.10 Å². The van der Waals surface area contributed by atoms with Crippen LogP contribution >= 0.6 is 0 Å². The Morgan fingerprint density at radius 2 is 1.69 bits per heavy atom. The summed E-state index contributed by atoms with van der Waals surface area (Å²) >= 11 is 0. The van der Waals surface area contributed by atoms with E-state index in [1.807, 2.05) is 6.92 Å². The lowest BCUT2D eigenvalue weighted by molar-refractivity contribution is -0.0165. The standard InChI is InChI=1S/C10H20O3/c1-5-10(6-2,7-3)8(4)13-9(11)12/h8H,5-7H2,1-4H3,(H,11,12). The van der Waals surface area contributed by atoms with Crippen LogP contribution < -0.4 is 0 Å². The summed E-state index contributed by atoms with van der Waals surface area (Å²) < 4.78 is 4.80. The van der Waals surface area contributed by atoms with Crippen molar-refractivity contribution < 1.29 is 14.6 Å². The third-order valence-corrected chi connectivity index (χ3v) is 3.25. The van der Waals surface area contributed by atoms with E-state index in [1.165, 1.54) is 0 Å². The van der Waals surface area contributed by atoms with Crippen molar-refractivity contribution in [3.05, 3.63) is 0 Å². The first-order valence-electron chi connectivity index (χ1n) is 4.92. The summed E-state index contributed by atoms with van der Waals surface area (Å²) in [5.41, 5.74) is 0.0123. The number of ether oxygens (including phenoxy) is 1. The largest absolute Gasteiger partial charge is 0.506 e. The number of rotatable bonds is 5. The van der Waals surface area contributed by atoms with Crippen LogP contribution in [0, 0.1) is 5.41 Å². The van der Waals surface area contributed by atoms with Crippen LogP contribution in [0.15, 0.2) is 0 Å². The van der Waals surface area contributed by atoms with Gasteiger partial charge >= 0.3 is 6.16 Å². The van der Waals surface area contributed by atoms with E-state index in [-0.39, 0.29) is 11.5 Å². The van der Waals surface area contributed by atoms with Gasteiger partial charge in [-0.1, -0.05) is 20.8 Å². The van der Waals surface area contributed by atoms with E-state index in [0.29, 0.717) is 0 Å². The normalized spacial score (nSPS) is 13.8. The lowest BCUT2D eigenvalue weighted by atomic mass is 9.75. The molecule has 0 aliphatic heterocycles. The molecule has 0 saturated carbocycles. The summed E-state index contributed by atoms with van der Waals surface area (Å²) in [7, 11) is 0. The first-order chi connectivity index (χ1) is 6.02. The average Bonchev–Trinajstić information content (AvgIpc) is 2.07. The Bertz CT molecular complexity index is 153. The maximum absolute atomic E-state index is 10.4. The van der Waals surface area contributed by atoms with Crippen LogP contribution in [-0.2, 0) is 4.74 Å². The Morgan fingerprint density at radius 3 is 1.92 bits per heavy atom. The second-order valence-corrected chi connectivity index (χ2v) is 3.45. The summed E-state index contributed by atoms with van der Waals surface area (Å²) in [6.45, 7) is 8.07. The minimum atomic E-state index is -1.17. The fourth-order valence-corrected chi connectivity index (χ4v) is 1.89. The maximum atomic E-state index is 10.4. The Labute approximate surface area is 80.1 Å². The molecular formula is C10H20O3. The monoisotopic (exact) mass is 188 g/mol. The van der Waals surface area contributed by atoms with Gasteiger partial charge in [0.05, 0.1) is 0 Å². The van der Waals surface area contributed by atoms with Crippen molar-refractivity contribution in [2.24, 2.45) is 5.41 Å². The van der Waals surface area contributed by atoms with Crippen LogP contribution in [-0.4, -0.2) is 17.4 Å². The predicted octanol–water partition coefficient (Wildman–Crippen LogP) is 3.29. The highest BCUT2D eigenvalue weighted by Crippen LogP contribution is 2.35. The van der Waals surface area contributed by atoms with Gasteiger partial charge < -0.3 is 9.84 Å². The smallest absolute Gasteiger partial charge is 0.450 e. The van der Waals surface area contributed by atoms with E-state index in [0.717, 1.165) is 19.3 Å². The minimum absolute atomic E-state index is 0.0123. The molecule has 0 heterocycles. The fourth-order valence-electron chi connectivity index (χ4n) is 1.89. The van der Waals surface area contributed by atoms with E-state index >= 15 is 0 Å². The van der Waals surface area contributed by atoms with Crippen molar-refractivity contribution in [1.82, 2.24) is 0 Å². The molecule has 1 N–H and O–H groups in total. The van der Waals surface area contributed by atoms with Crippen molar-refractivity contribution >= 4 is 6.16 Å². The molecule has 3 heteroatoms. The molecule has 0 spiro atoms. The first-order valence-corrected chi connectivity index (χ1v) is 4.92. The molecule has 0 amide bonds. The molecule has 0 rings (SSSR count). The van der Waals surface area contributed by atoms with Crippen LogP contribution in [0.1, 0.15) is 47.0 Å². The van der Waals surface area contributed by atoms with Crippen molar-refractivity contribution in [3.8, 4) is 0 Å². The molecule has 78 valence electrons. The quantitative estimate of drug-likeness (QED) is 0.673. The molecule has 0 aromatic heterocycles. The van der Waals surface area contributed by atoms with E-state index < -0.39 is 6.16 Å². The highest BCUT2D eigenvalue weighted by molar-refractivity contribution is 5.57. The van der Waals surface area contributed by atoms with Crippen molar-refractivity contribution in [2.75, 3.05) is 0 Å². The second kappa shape index (κ2) is 5.10. The molecule has 0 aliphatic carbocycles. The molecule has 0 aliphatic rings. The Hall–Kier alpha value is -0.730. The summed E-state index contributed by atoms with van der Waals surface area (Å²) in [6.07, 6.45) is 1.47. The van der Waals surface area contributed by atoms with Gasteiger partial charge in [-0.05, 0) is 26.2 Å². The van der Waals surface area contributed by atoms with Crippen LogP contribution in [0.4, 0.5) is 4.79 Å².